The maximum Gasteiger partial charge on any atom is 0.0214 e. The summed E-state index contributed by atoms with van der Waals surface area (Å²) in [7, 11) is 0. The lowest BCUT2D eigenvalue weighted by atomic mass is 10.3. The largest absolute Gasteiger partial charge is 0.299 e. The lowest BCUT2D eigenvalue weighted by molar-refractivity contribution is 0.259. The van der Waals surface area contributed by atoms with Gasteiger partial charge < -0.3 is 0 Å². The minimum atomic E-state index is 0.902. The average molecular weight is 163 g/mol. The van der Waals surface area contributed by atoms with Crippen molar-refractivity contribution in [2.75, 3.05) is 13.1 Å². The Kier molecular flexibility index (Phi) is 2.37. The Bertz CT molecular complexity index is 184. The zero-order chi connectivity index (χ0) is 8.39. The van der Waals surface area contributed by atoms with Gasteiger partial charge in [0.05, 0.1) is 0 Å². The molecular weight excluding hydrogens is 146 g/mol. The van der Waals surface area contributed by atoms with E-state index < -0.39 is 0 Å². The first-order chi connectivity index (χ1) is 5.90. The molecule has 0 atom stereocenters. The monoisotopic (exact) mass is 163 g/mol. The third kappa shape index (κ3) is 2.25. The minimum absolute atomic E-state index is 0.902. The van der Waals surface area contributed by atoms with Crippen molar-refractivity contribution in [3.05, 3.63) is 0 Å². The Labute approximate surface area is 75.1 Å². The molecule has 66 valence electrons. The molecule has 2 aliphatic carbocycles. The number of terminal acetylenes is 1. The van der Waals surface area contributed by atoms with Gasteiger partial charge in [0.15, 0.2) is 0 Å². The molecule has 0 unspecified atom stereocenters. The highest BCUT2D eigenvalue weighted by molar-refractivity contribution is 4.91. The van der Waals surface area contributed by atoms with Crippen LogP contribution in [0.25, 0.3) is 0 Å². The lowest BCUT2D eigenvalue weighted by Gasteiger charge is -2.20. The van der Waals surface area contributed by atoms with Crippen LogP contribution < -0.4 is 0 Å². The second-order valence-corrected chi connectivity index (χ2v) is 4.12. The summed E-state index contributed by atoms with van der Waals surface area (Å²) in [5.74, 6) is 3.75. The van der Waals surface area contributed by atoms with Gasteiger partial charge in [-0.05, 0) is 31.6 Å². The molecule has 0 heterocycles. The third-order valence-corrected chi connectivity index (χ3v) is 2.80. The maximum absolute atomic E-state index is 5.27. The van der Waals surface area contributed by atoms with Crippen LogP contribution in [0, 0.1) is 18.3 Å². The predicted molar refractivity (Wildman–Crippen MR) is 50.8 cm³/mol. The van der Waals surface area contributed by atoms with Gasteiger partial charge in [0.2, 0.25) is 0 Å². The van der Waals surface area contributed by atoms with Crippen molar-refractivity contribution in [2.24, 2.45) is 5.92 Å². The Hall–Kier alpha value is -0.480. The summed E-state index contributed by atoms with van der Waals surface area (Å²) in [4.78, 5) is 2.61. The van der Waals surface area contributed by atoms with Gasteiger partial charge in [0.25, 0.3) is 0 Å². The number of hydrogen-bond donors (Lipinski definition) is 0. The van der Waals surface area contributed by atoms with Crippen LogP contribution in [0.5, 0.6) is 0 Å². The van der Waals surface area contributed by atoms with Gasteiger partial charge in [-0.25, -0.2) is 0 Å². The molecule has 0 amide bonds. The topological polar surface area (TPSA) is 3.24 Å². The molecule has 0 N–H and O–H groups in total. The average Bonchev–Trinajstić information content (AvgIpc) is 2.85. The summed E-state index contributed by atoms with van der Waals surface area (Å²) in [6, 6.07) is 0.902. The molecule has 2 aliphatic rings. The predicted octanol–water partition coefficient (Wildman–Crippen LogP) is 1.88. The molecule has 2 fully saturated rings. The van der Waals surface area contributed by atoms with Crippen molar-refractivity contribution >= 4 is 0 Å². The number of rotatable bonds is 5. The molecule has 2 rings (SSSR count). The van der Waals surface area contributed by atoms with E-state index in [0.29, 0.717) is 0 Å². The van der Waals surface area contributed by atoms with Gasteiger partial charge in [-0.15, -0.1) is 12.3 Å². The second kappa shape index (κ2) is 3.49. The summed E-state index contributed by atoms with van der Waals surface area (Å²) < 4.78 is 0. The summed E-state index contributed by atoms with van der Waals surface area (Å²) >= 11 is 0. The molecule has 0 spiro atoms. The summed E-state index contributed by atoms with van der Waals surface area (Å²) in [5.41, 5.74) is 0. The van der Waals surface area contributed by atoms with E-state index in [4.69, 9.17) is 6.42 Å². The molecule has 0 aliphatic heterocycles. The maximum atomic E-state index is 5.27. The summed E-state index contributed by atoms with van der Waals surface area (Å²) in [5, 5.41) is 0. The molecule has 0 aromatic heterocycles. The molecular formula is C11H17N. The summed E-state index contributed by atoms with van der Waals surface area (Å²) in [6.07, 6.45) is 11.9. The van der Waals surface area contributed by atoms with Crippen LogP contribution in [0.15, 0.2) is 0 Å². The lowest BCUT2D eigenvalue weighted by Crippen LogP contribution is -2.29. The Balaban J connectivity index is 1.72. The summed E-state index contributed by atoms with van der Waals surface area (Å²) in [6.45, 7) is 2.46. The molecule has 0 saturated heterocycles. The van der Waals surface area contributed by atoms with Gasteiger partial charge in [-0.3, -0.25) is 4.90 Å². The van der Waals surface area contributed by atoms with Crippen molar-refractivity contribution in [3.63, 3.8) is 0 Å². The van der Waals surface area contributed by atoms with Crippen molar-refractivity contribution in [2.45, 2.75) is 38.1 Å². The van der Waals surface area contributed by atoms with E-state index in [0.717, 1.165) is 24.9 Å². The van der Waals surface area contributed by atoms with Crippen LogP contribution >= 0.6 is 0 Å². The van der Waals surface area contributed by atoms with Crippen LogP contribution in [0.2, 0.25) is 0 Å². The van der Waals surface area contributed by atoms with Crippen LogP contribution in [0.1, 0.15) is 32.1 Å². The van der Waals surface area contributed by atoms with Gasteiger partial charge in [-0.2, -0.15) is 0 Å². The smallest absolute Gasteiger partial charge is 0.0214 e. The van der Waals surface area contributed by atoms with Crippen molar-refractivity contribution in [3.8, 4) is 12.3 Å². The Morgan fingerprint density at radius 1 is 1.25 bits per heavy atom. The van der Waals surface area contributed by atoms with E-state index in [1.54, 1.807) is 0 Å². The Morgan fingerprint density at radius 2 is 2.00 bits per heavy atom. The fourth-order valence-corrected chi connectivity index (χ4v) is 1.70. The molecule has 1 nitrogen and oxygen atoms in total. The fourth-order valence-electron chi connectivity index (χ4n) is 1.70. The third-order valence-electron chi connectivity index (χ3n) is 2.80. The Morgan fingerprint density at radius 3 is 2.50 bits per heavy atom. The van der Waals surface area contributed by atoms with E-state index in [9.17, 15) is 0 Å². The second-order valence-electron chi connectivity index (χ2n) is 4.12. The first-order valence-corrected chi connectivity index (χ1v) is 5.07. The van der Waals surface area contributed by atoms with E-state index in [1.807, 2.05) is 0 Å². The quantitative estimate of drug-likeness (QED) is 0.559. The van der Waals surface area contributed by atoms with E-state index >= 15 is 0 Å². The number of nitrogens with zero attached hydrogens (tertiary/aromatic N) is 1. The van der Waals surface area contributed by atoms with Gasteiger partial charge >= 0.3 is 0 Å². The van der Waals surface area contributed by atoms with Crippen molar-refractivity contribution in [1.82, 2.24) is 4.90 Å². The van der Waals surface area contributed by atoms with Gasteiger partial charge in [-0.1, -0.05) is 0 Å². The van der Waals surface area contributed by atoms with E-state index in [2.05, 4.69) is 10.8 Å². The standard InChI is InChI=1S/C11H17N/c1-2-3-8-12(11-6-7-11)9-10-4-5-10/h1,10-11H,3-9H2. The highest BCUT2D eigenvalue weighted by Crippen LogP contribution is 2.34. The molecule has 1 heteroatoms. The van der Waals surface area contributed by atoms with Crippen LogP contribution in [0.3, 0.4) is 0 Å². The van der Waals surface area contributed by atoms with E-state index in [1.165, 1.54) is 32.2 Å². The molecule has 12 heavy (non-hydrogen) atoms. The van der Waals surface area contributed by atoms with E-state index in [-0.39, 0.29) is 0 Å². The van der Waals surface area contributed by atoms with Gasteiger partial charge in [0, 0.05) is 25.6 Å². The highest BCUT2D eigenvalue weighted by atomic mass is 15.2. The zero-order valence-corrected chi connectivity index (χ0v) is 7.63. The molecule has 0 bridgehead atoms. The molecule has 2 saturated carbocycles. The fraction of sp³-hybridized carbons (Fsp3) is 0.818. The normalized spacial score (nSPS) is 22.7. The first kappa shape index (κ1) is 8.13. The number of hydrogen-bond acceptors (Lipinski definition) is 1. The molecule has 0 aromatic rings. The van der Waals surface area contributed by atoms with Crippen molar-refractivity contribution < 1.29 is 0 Å². The zero-order valence-electron chi connectivity index (χ0n) is 7.63. The van der Waals surface area contributed by atoms with Crippen molar-refractivity contribution in [1.29, 1.82) is 0 Å². The highest BCUT2D eigenvalue weighted by Gasteiger charge is 2.32. The molecule has 0 radical (unpaired) electrons. The first-order valence-electron chi connectivity index (χ1n) is 5.07. The SMILES string of the molecule is C#CCCN(CC1CC1)C1CC1. The molecule has 0 aromatic carbocycles. The van der Waals surface area contributed by atoms with Crippen LogP contribution in [-0.4, -0.2) is 24.0 Å². The van der Waals surface area contributed by atoms with Crippen LogP contribution in [-0.2, 0) is 0 Å². The van der Waals surface area contributed by atoms with Crippen LogP contribution in [0.4, 0.5) is 0 Å². The van der Waals surface area contributed by atoms with Gasteiger partial charge in [0.1, 0.15) is 0 Å². The minimum Gasteiger partial charge on any atom is -0.299 e.